The van der Waals surface area contributed by atoms with Crippen LogP contribution in [-0.2, 0) is 17.8 Å². The van der Waals surface area contributed by atoms with E-state index in [-0.39, 0.29) is 11.7 Å². The number of ether oxygens (including phenoxy) is 1. The monoisotopic (exact) mass is 339 g/mol. The molecule has 0 aliphatic heterocycles. The third-order valence-electron chi connectivity index (χ3n) is 3.63. The van der Waals surface area contributed by atoms with Gasteiger partial charge in [-0.05, 0) is 60.5 Å². The molecule has 2 aromatic carbocycles. The number of halogens is 1. The molecule has 0 fully saturated rings. The molecule has 1 aromatic heterocycles. The van der Waals surface area contributed by atoms with Gasteiger partial charge in [0.2, 0.25) is 5.91 Å². The zero-order valence-electron chi connectivity index (χ0n) is 13.6. The van der Waals surface area contributed by atoms with Crippen molar-refractivity contribution in [2.45, 2.75) is 19.4 Å². The maximum absolute atomic E-state index is 12.9. The van der Waals surface area contributed by atoms with Gasteiger partial charge in [0.05, 0.1) is 12.8 Å². The van der Waals surface area contributed by atoms with Crippen LogP contribution in [0.25, 0.3) is 0 Å². The van der Waals surface area contributed by atoms with Crippen LogP contribution in [0.5, 0.6) is 11.5 Å². The Labute approximate surface area is 145 Å². The quantitative estimate of drug-likeness (QED) is 0.691. The van der Waals surface area contributed by atoms with Crippen LogP contribution in [0, 0.1) is 5.82 Å². The number of amides is 1. The van der Waals surface area contributed by atoms with Crippen molar-refractivity contribution in [2.75, 3.05) is 0 Å². The Morgan fingerprint density at radius 2 is 1.88 bits per heavy atom. The Bertz CT molecular complexity index is 813. The molecule has 0 unspecified atom stereocenters. The second-order valence-corrected chi connectivity index (χ2v) is 5.56. The molecule has 5 heteroatoms. The fourth-order valence-corrected chi connectivity index (χ4v) is 2.35. The van der Waals surface area contributed by atoms with E-state index in [2.05, 4.69) is 5.32 Å². The number of benzene rings is 2. The van der Waals surface area contributed by atoms with Gasteiger partial charge in [-0.3, -0.25) is 4.79 Å². The maximum atomic E-state index is 12.9. The Hall–Kier alpha value is -3.08. The summed E-state index contributed by atoms with van der Waals surface area (Å²) in [4.78, 5) is 11.9. The van der Waals surface area contributed by atoms with Crippen LogP contribution in [0.3, 0.4) is 0 Å². The summed E-state index contributed by atoms with van der Waals surface area (Å²) in [6.07, 6.45) is 2.55. The van der Waals surface area contributed by atoms with E-state index in [1.807, 2.05) is 30.3 Å². The van der Waals surface area contributed by atoms with Gasteiger partial charge in [-0.2, -0.15) is 0 Å². The van der Waals surface area contributed by atoms with Crippen LogP contribution in [0.2, 0.25) is 0 Å². The summed E-state index contributed by atoms with van der Waals surface area (Å²) < 4.78 is 23.8. The van der Waals surface area contributed by atoms with Crippen LogP contribution in [-0.4, -0.2) is 5.91 Å². The lowest BCUT2D eigenvalue weighted by molar-refractivity contribution is -0.121. The van der Waals surface area contributed by atoms with E-state index < -0.39 is 0 Å². The number of aryl methyl sites for hydroxylation is 1. The fraction of sp³-hybridized carbons (Fsp3) is 0.150. The van der Waals surface area contributed by atoms with Crippen molar-refractivity contribution in [2.24, 2.45) is 0 Å². The molecule has 4 nitrogen and oxygen atoms in total. The predicted molar refractivity (Wildman–Crippen MR) is 91.8 cm³/mol. The highest BCUT2D eigenvalue weighted by Crippen LogP contribution is 2.22. The Morgan fingerprint density at radius 3 is 2.64 bits per heavy atom. The van der Waals surface area contributed by atoms with Gasteiger partial charge in [0, 0.05) is 6.42 Å². The molecule has 0 radical (unpaired) electrons. The molecule has 0 atom stereocenters. The Balaban J connectivity index is 1.51. The molecule has 1 heterocycles. The molecular weight excluding hydrogens is 321 g/mol. The first-order valence-electron chi connectivity index (χ1n) is 8.00. The fourth-order valence-electron chi connectivity index (χ4n) is 2.35. The van der Waals surface area contributed by atoms with Gasteiger partial charge < -0.3 is 14.5 Å². The zero-order valence-corrected chi connectivity index (χ0v) is 13.6. The Morgan fingerprint density at radius 1 is 1.04 bits per heavy atom. The third kappa shape index (κ3) is 5.21. The molecule has 0 bridgehead atoms. The molecule has 0 spiro atoms. The SMILES string of the molecule is O=C(CCc1cccc(Oc2ccc(F)cc2)c1)NCc1ccco1. The number of carbonyl (C=O) groups is 1. The highest BCUT2D eigenvalue weighted by Gasteiger charge is 2.05. The number of carbonyl (C=O) groups excluding carboxylic acids is 1. The lowest BCUT2D eigenvalue weighted by Gasteiger charge is -2.08. The van der Waals surface area contributed by atoms with E-state index >= 15 is 0 Å². The number of hydrogen-bond donors (Lipinski definition) is 1. The molecule has 3 rings (SSSR count). The minimum absolute atomic E-state index is 0.0405. The molecule has 0 saturated carbocycles. The zero-order chi connectivity index (χ0) is 17.5. The van der Waals surface area contributed by atoms with E-state index in [9.17, 15) is 9.18 Å². The normalized spacial score (nSPS) is 10.4. The summed E-state index contributed by atoms with van der Waals surface area (Å²) in [5.41, 5.74) is 0.993. The van der Waals surface area contributed by atoms with Crippen LogP contribution in [0.15, 0.2) is 71.3 Å². The second kappa shape index (κ2) is 8.15. The van der Waals surface area contributed by atoms with Crippen molar-refractivity contribution in [1.82, 2.24) is 5.32 Å². The molecule has 1 amide bonds. The lowest BCUT2D eigenvalue weighted by atomic mass is 10.1. The average molecular weight is 339 g/mol. The molecule has 25 heavy (non-hydrogen) atoms. The van der Waals surface area contributed by atoms with Gasteiger partial charge in [-0.25, -0.2) is 4.39 Å². The van der Waals surface area contributed by atoms with Crippen LogP contribution >= 0.6 is 0 Å². The largest absolute Gasteiger partial charge is 0.467 e. The maximum Gasteiger partial charge on any atom is 0.220 e. The van der Waals surface area contributed by atoms with Crippen molar-refractivity contribution in [1.29, 1.82) is 0 Å². The van der Waals surface area contributed by atoms with Gasteiger partial charge in [-0.1, -0.05) is 12.1 Å². The van der Waals surface area contributed by atoms with Crippen LogP contribution < -0.4 is 10.1 Å². The molecule has 0 aliphatic carbocycles. The Kier molecular flexibility index (Phi) is 5.46. The summed E-state index contributed by atoms with van der Waals surface area (Å²) in [6, 6.07) is 17.0. The minimum Gasteiger partial charge on any atom is -0.467 e. The van der Waals surface area contributed by atoms with Crippen molar-refractivity contribution < 1.29 is 18.3 Å². The van der Waals surface area contributed by atoms with Gasteiger partial charge in [0.15, 0.2) is 0 Å². The van der Waals surface area contributed by atoms with Gasteiger partial charge >= 0.3 is 0 Å². The van der Waals surface area contributed by atoms with Gasteiger partial charge in [0.1, 0.15) is 23.1 Å². The topological polar surface area (TPSA) is 51.5 Å². The third-order valence-corrected chi connectivity index (χ3v) is 3.63. The molecule has 0 aliphatic rings. The summed E-state index contributed by atoms with van der Waals surface area (Å²) in [5, 5.41) is 2.82. The summed E-state index contributed by atoms with van der Waals surface area (Å²) in [7, 11) is 0. The number of rotatable bonds is 7. The first-order valence-corrected chi connectivity index (χ1v) is 8.00. The summed E-state index contributed by atoms with van der Waals surface area (Å²) in [6.45, 7) is 0.388. The lowest BCUT2D eigenvalue weighted by Crippen LogP contribution is -2.22. The first kappa shape index (κ1) is 16.8. The van der Waals surface area contributed by atoms with Crippen molar-refractivity contribution in [3.63, 3.8) is 0 Å². The van der Waals surface area contributed by atoms with Crippen LogP contribution in [0.4, 0.5) is 4.39 Å². The standard InChI is InChI=1S/C20H18FNO3/c21-16-7-9-17(10-8-16)25-18-4-1-3-15(13-18)6-11-20(23)22-14-19-5-2-12-24-19/h1-5,7-10,12-13H,6,11,14H2,(H,22,23). The minimum atomic E-state index is -0.304. The van der Waals surface area contributed by atoms with Crippen molar-refractivity contribution >= 4 is 5.91 Å². The van der Waals surface area contributed by atoms with Crippen molar-refractivity contribution in [3.8, 4) is 11.5 Å². The van der Waals surface area contributed by atoms with Gasteiger partial charge in [0.25, 0.3) is 0 Å². The molecule has 128 valence electrons. The number of hydrogen-bond acceptors (Lipinski definition) is 3. The van der Waals surface area contributed by atoms with E-state index in [1.54, 1.807) is 24.5 Å². The van der Waals surface area contributed by atoms with Gasteiger partial charge in [-0.15, -0.1) is 0 Å². The van der Waals surface area contributed by atoms with E-state index in [0.29, 0.717) is 30.9 Å². The molecule has 3 aromatic rings. The summed E-state index contributed by atoms with van der Waals surface area (Å²) in [5.74, 6) is 1.60. The molecule has 0 saturated heterocycles. The van der Waals surface area contributed by atoms with E-state index in [1.165, 1.54) is 12.1 Å². The van der Waals surface area contributed by atoms with E-state index in [0.717, 1.165) is 11.3 Å². The van der Waals surface area contributed by atoms with E-state index in [4.69, 9.17) is 9.15 Å². The molecular formula is C20H18FNO3. The molecule has 1 N–H and O–H groups in total. The highest BCUT2D eigenvalue weighted by atomic mass is 19.1. The summed E-state index contributed by atoms with van der Waals surface area (Å²) >= 11 is 0. The number of furan rings is 1. The predicted octanol–water partition coefficient (Wildman–Crippen LogP) is 4.46. The van der Waals surface area contributed by atoms with Crippen LogP contribution in [0.1, 0.15) is 17.7 Å². The van der Waals surface area contributed by atoms with Crippen molar-refractivity contribution in [3.05, 3.63) is 84.1 Å². The number of nitrogens with one attached hydrogen (secondary N) is 1. The highest BCUT2D eigenvalue weighted by molar-refractivity contribution is 5.76. The second-order valence-electron chi connectivity index (χ2n) is 5.56. The first-order chi connectivity index (χ1) is 12.2. The average Bonchev–Trinajstić information content (AvgIpc) is 3.14. The smallest absolute Gasteiger partial charge is 0.220 e.